The van der Waals surface area contributed by atoms with Crippen molar-refractivity contribution in [3.8, 4) is 11.8 Å². The third-order valence-electron chi connectivity index (χ3n) is 8.20. The first-order valence-electron chi connectivity index (χ1n) is 13.4. The fourth-order valence-corrected chi connectivity index (χ4v) is 6.17. The third-order valence-corrected chi connectivity index (χ3v) is 8.20. The normalized spacial score (nSPS) is 24.0. The first-order chi connectivity index (χ1) is 17.1. The summed E-state index contributed by atoms with van der Waals surface area (Å²) in [5.74, 6) is 7.54. The maximum Gasteiger partial charge on any atom is 0.174 e. The van der Waals surface area contributed by atoms with Crippen molar-refractivity contribution < 1.29 is 8.78 Å². The van der Waals surface area contributed by atoms with Crippen molar-refractivity contribution in [1.82, 2.24) is 0 Å². The van der Waals surface area contributed by atoms with Gasteiger partial charge in [-0.1, -0.05) is 54.7 Å². The van der Waals surface area contributed by atoms with Gasteiger partial charge in [0.2, 0.25) is 0 Å². The second-order valence-corrected chi connectivity index (χ2v) is 10.5. The highest BCUT2D eigenvalue weighted by atomic mass is 19.2. The molecule has 0 heterocycles. The van der Waals surface area contributed by atoms with Crippen molar-refractivity contribution in [3.05, 3.63) is 95.1 Å². The van der Waals surface area contributed by atoms with Crippen molar-refractivity contribution in [2.45, 2.75) is 77.0 Å². The lowest BCUT2D eigenvalue weighted by molar-refractivity contribution is 0.115. The average molecular weight is 473 g/mol. The van der Waals surface area contributed by atoms with E-state index in [0.717, 1.165) is 29.7 Å². The molecule has 2 aliphatic rings. The third kappa shape index (κ3) is 6.52. The van der Waals surface area contributed by atoms with Crippen LogP contribution in [-0.2, 0) is 6.42 Å². The van der Waals surface area contributed by atoms with Gasteiger partial charge < -0.3 is 0 Å². The molecule has 2 fully saturated rings. The summed E-state index contributed by atoms with van der Waals surface area (Å²) in [6, 6.07) is 11.7. The maximum atomic E-state index is 14.5. The van der Waals surface area contributed by atoms with Crippen LogP contribution in [0.2, 0.25) is 0 Å². The van der Waals surface area contributed by atoms with Gasteiger partial charge in [-0.15, -0.1) is 6.58 Å². The van der Waals surface area contributed by atoms with Crippen LogP contribution >= 0.6 is 0 Å². The highest BCUT2D eigenvalue weighted by Gasteiger charge is 2.35. The van der Waals surface area contributed by atoms with E-state index in [1.807, 2.05) is 31.2 Å². The molecule has 2 aliphatic carbocycles. The van der Waals surface area contributed by atoms with Crippen LogP contribution in [-0.4, -0.2) is 0 Å². The monoisotopic (exact) mass is 472 g/mol. The van der Waals surface area contributed by atoms with Gasteiger partial charge in [0, 0.05) is 5.56 Å². The van der Waals surface area contributed by atoms with E-state index in [1.165, 1.54) is 50.5 Å². The number of fused-ring (bicyclic) bond motifs is 1. The molecule has 0 spiro atoms. The molecule has 4 atom stereocenters. The SMILES string of the molecule is C=CCCC1CCC2CC(c3ccc(C#Cc4ccc(CC/C=C/C)c(F)c4F)cc3)CCC2C1. The van der Waals surface area contributed by atoms with Crippen molar-refractivity contribution in [3.63, 3.8) is 0 Å². The molecule has 4 rings (SSSR count). The molecule has 0 aromatic heterocycles. The molecule has 0 aliphatic heterocycles. The number of halogens is 2. The molecule has 2 aromatic rings. The van der Waals surface area contributed by atoms with Gasteiger partial charge in [-0.3, -0.25) is 0 Å². The van der Waals surface area contributed by atoms with Gasteiger partial charge in [0.1, 0.15) is 0 Å². The van der Waals surface area contributed by atoms with Crippen LogP contribution in [0.3, 0.4) is 0 Å². The first-order valence-corrected chi connectivity index (χ1v) is 13.4. The Hall–Kier alpha value is -2.66. The van der Waals surface area contributed by atoms with E-state index in [4.69, 9.17) is 0 Å². The van der Waals surface area contributed by atoms with Gasteiger partial charge in [-0.2, -0.15) is 0 Å². The summed E-state index contributed by atoms with van der Waals surface area (Å²) in [6.07, 6.45) is 17.7. The fraction of sp³-hybridized carbons (Fsp3) is 0.455. The summed E-state index contributed by atoms with van der Waals surface area (Å²) in [5.41, 5.74) is 2.74. The number of rotatable bonds is 7. The molecule has 0 amide bonds. The number of allylic oxidation sites excluding steroid dienone is 3. The standard InChI is InChI=1S/C33H38F2/c1-3-5-7-9-27-18-19-28(33(35)32(27)34)16-12-24-10-14-26(15-11-24)30-21-20-29-22-25(8-6-4-2)13-17-31(29)23-30/h3-5,10-11,14-15,18-19,25,29-31H,2,6-9,13,17,20-23H2,1H3/b5-3+. The lowest BCUT2D eigenvalue weighted by Crippen LogP contribution is -2.30. The number of hydrogen-bond acceptors (Lipinski definition) is 0. The molecular formula is C33H38F2. The largest absolute Gasteiger partial charge is 0.203 e. The summed E-state index contributed by atoms with van der Waals surface area (Å²) in [4.78, 5) is 0. The average Bonchev–Trinajstić information content (AvgIpc) is 2.89. The van der Waals surface area contributed by atoms with Crippen LogP contribution in [0.1, 0.15) is 92.9 Å². The van der Waals surface area contributed by atoms with E-state index in [9.17, 15) is 8.78 Å². The molecule has 4 unspecified atom stereocenters. The molecule has 2 aromatic carbocycles. The highest BCUT2D eigenvalue weighted by molar-refractivity contribution is 5.45. The Morgan fingerprint density at radius 1 is 0.886 bits per heavy atom. The van der Waals surface area contributed by atoms with Crippen molar-refractivity contribution in [2.75, 3.05) is 0 Å². The van der Waals surface area contributed by atoms with E-state index in [0.29, 0.717) is 24.3 Å². The van der Waals surface area contributed by atoms with Crippen LogP contribution in [0.5, 0.6) is 0 Å². The van der Waals surface area contributed by atoms with Gasteiger partial charge >= 0.3 is 0 Å². The Bertz CT molecular complexity index is 1080. The fourth-order valence-electron chi connectivity index (χ4n) is 6.17. The number of aryl methyl sites for hydroxylation is 1. The smallest absolute Gasteiger partial charge is 0.174 e. The molecule has 184 valence electrons. The molecule has 0 saturated heterocycles. The minimum Gasteiger partial charge on any atom is -0.203 e. The summed E-state index contributed by atoms with van der Waals surface area (Å²) in [7, 11) is 0. The van der Waals surface area contributed by atoms with Gasteiger partial charge in [-0.25, -0.2) is 8.78 Å². The molecule has 2 saturated carbocycles. The molecule has 0 nitrogen and oxygen atoms in total. The van der Waals surface area contributed by atoms with Crippen LogP contribution in [0, 0.1) is 41.2 Å². The zero-order valence-electron chi connectivity index (χ0n) is 21.0. The van der Waals surface area contributed by atoms with Crippen LogP contribution < -0.4 is 0 Å². The Morgan fingerprint density at radius 2 is 1.66 bits per heavy atom. The summed E-state index contributed by atoms with van der Waals surface area (Å²) >= 11 is 0. The summed E-state index contributed by atoms with van der Waals surface area (Å²) in [5, 5.41) is 0. The zero-order valence-corrected chi connectivity index (χ0v) is 21.0. The number of benzene rings is 2. The van der Waals surface area contributed by atoms with E-state index in [1.54, 1.807) is 12.1 Å². The molecule has 0 radical (unpaired) electrons. The van der Waals surface area contributed by atoms with Gasteiger partial charge in [-0.05, 0) is 118 Å². The molecule has 2 heteroatoms. The van der Waals surface area contributed by atoms with Gasteiger partial charge in [0.05, 0.1) is 5.56 Å². The Balaban J connectivity index is 1.36. The number of hydrogen-bond donors (Lipinski definition) is 0. The summed E-state index contributed by atoms with van der Waals surface area (Å²) in [6.45, 7) is 5.80. The van der Waals surface area contributed by atoms with Crippen LogP contribution in [0.25, 0.3) is 0 Å². The first kappa shape index (κ1) is 25.4. The van der Waals surface area contributed by atoms with Crippen molar-refractivity contribution >= 4 is 0 Å². The van der Waals surface area contributed by atoms with Crippen LogP contribution in [0.15, 0.2) is 61.2 Å². The minimum absolute atomic E-state index is 0.114. The molecule has 0 bridgehead atoms. The Labute approximate surface area is 210 Å². The van der Waals surface area contributed by atoms with Gasteiger partial charge in [0.15, 0.2) is 11.6 Å². The Morgan fingerprint density at radius 3 is 2.43 bits per heavy atom. The topological polar surface area (TPSA) is 0 Å². The van der Waals surface area contributed by atoms with Crippen molar-refractivity contribution in [2.24, 2.45) is 17.8 Å². The lowest BCUT2D eigenvalue weighted by Gasteiger charge is -2.42. The summed E-state index contributed by atoms with van der Waals surface area (Å²) < 4.78 is 28.9. The zero-order chi connectivity index (χ0) is 24.6. The molecule has 35 heavy (non-hydrogen) atoms. The van der Waals surface area contributed by atoms with Gasteiger partial charge in [0.25, 0.3) is 0 Å². The quantitative estimate of drug-likeness (QED) is 0.278. The van der Waals surface area contributed by atoms with E-state index >= 15 is 0 Å². The molecule has 0 N–H and O–H groups in total. The maximum absolute atomic E-state index is 14.5. The second-order valence-electron chi connectivity index (χ2n) is 10.5. The Kier molecular flexibility index (Phi) is 8.97. The molecular weight excluding hydrogens is 434 g/mol. The van der Waals surface area contributed by atoms with Crippen LogP contribution in [0.4, 0.5) is 8.78 Å². The minimum atomic E-state index is -0.844. The van der Waals surface area contributed by atoms with E-state index < -0.39 is 11.6 Å². The predicted molar refractivity (Wildman–Crippen MR) is 142 cm³/mol. The second kappa shape index (κ2) is 12.3. The highest BCUT2D eigenvalue weighted by Crippen LogP contribution is 2.48. The van der Waals surface area contributed by atoms with E-state index in [2.05, 4.69) is 36.6 Å². The van der Waals surface area contributed by atoms with Crippen molar-refractivity contribution in [1.29, 1.82) is 0 Å². The predicted octanol–water partition coefficient (Wildman–Crippen LogP) is 9.14. The van der Waals surface area contributed by atoms with E-state index in [-0.39, 0.29) is 5.56 Å². The lowest BCUT2D eigenvalue weighted by atomic mass is 9.63.